The van der Waals surface area contributed by atoms with E-state index in [0.717, 1.165) is 25.9 Å². The van der Waals surface area contributed by atoms with Gasteiger partial charge in [0.25, 0.3) is 5.91 Å². The Morgan fingerprint density at radius 3 is 2.71 bits per heavy atom. The molecule has 21 heavy (non-hydrogen) atoms. The van der Waals surface area contributed by atoms with E-state index >= 15 is 0 Å². The van der Waals surface area contributed by atoms with Gasteiger partial charge in [0.05, 0.1) is 5.92 Å². The molecular formula is C16H21N3O2. The first-order chi connectivity index (χ1) is 10.2. The Balaban J connectivity index is 1.91. The Labute approximate surface area is 124 Å². The molecule has 1 heterocycles. The molecule has 1 aromatic carbocycles. The highest BCUT2D eigenvalue weighted by atomic mass is 16.2. The predicted molar refractivity (Wildman–Crippen MR) is 83.2 cm³/mol. The van der Waals surface area contributed by atoms with Crippen LogP contribution in [0.4, 0.5) is 5.69 Å². The molecule has 0 aromatic heterocycles. The number of carbonyl (C=O) groups is 2. The molecule has 1 fully saturated rings. The molecule has 0 spiro atoms. The van der Waals surface area contributed by atoms with Crippen LogP contribution in [-0.4, -0.2) is 31.4 Å². The summed E-state index contributed by atoms with van der Waals surface area (Å²) in [6.45, 7) is 5.70. The zero-order chi connectivity index (χ0) is 15.1. The lowest BCUT2D eigenvalue weighted by molar-refractivity contribution is -0.120. The summed E-state index contributed by atoms with van der Waals surface area (Å²) in [5.41, 5.74) is 1.28. The number of hydrogen-bond acceptors (Lipinski definition) is 3. The van der Waals surface area contributed by atoms with Gasteiger partial charge in [0.1, 0.15) is 0 Å². The fourth-order valence-electron chi connectivity index (χ4n) is 2.29. The van der Waals surface area contributed by atoms with Crippen LogP contribution in [0.2, 0.25) is 0 Å². The van der Waals surface area contributed by atoms with E-state index in [1.54, 1.807) is 30.3 Å². The first kappa shape index (κ1) is 15.3. The third-order valence-electron chi connectivity index (χ3n) is 3.49. The minimum Gasteiger partial charge on any atom is -0.349 e. The minimum absolute atomic E-state index is 0.0225. The fraction of sp³-hybridized carbons (Fsp3) is 0.375. The number of nitrogens with one attached hydrogen (secondary N) is 3. The zero-order valence-corrected chi connectivity index (χ0v) is 12.0. The van der Waals surface area contributed by atoms with Crippen molar-refractivity contribution in [1.82, 2.24) is 10.6 Å². The molecule has 0 bridgehead atoms. The summed E-state index contributed by atoms with van der Waals surface area (Å²) in [6.07, 6.45) is 3.58. The maximum Gasteiger partial charge on any atom is 0.251 e. The SMILES string of the molecule is C=CCNC(=O)c1ccc(NC(=O)[C@@H]2CCCNC2)cc1. The van der Waals surface area contributed by atoms with Crippen molar-refractivity contribution < 1.29 is 9.59 Å². The highest BCUT2D eigenvalue weighted by Gasteiger charge is 2.20. The van der Waals surface area contributed by atoms with Crippen LogP contribution in [0.15, 0.2) is 36.9 Å². The van der Waals surface area contributed by atoms with Crippen LogP contribution in [0.3, 0.4) is 0 Å². The second-order valence-corrected chi connectivity index (χ2v) is 5.11. The molecule has 0 unspecified atom stereocenters. The highest BCUT2D eigenvalue weighted by Crippen LogP contribution is 2.15. The monoisotopic (exact) mass is 287 g/mol. The molecule has 2 amide bonds. The van der Waals surface area contributed by atoms with Crippen molar-refractivity contribution in [3.05, 3.63) is 42.5 Å². The topological polar surface area (TPSA) is 70.2 Å². The third-order valence-corrected chi connectivity index (χ3v) is 3.49. The number of carbonyl (C=O) groups excluding carboxylic acids is 2. The van der Waals surface area contributed by atoms with Crippen molar-refractivity contribution in [3.63, 3.8) is 0 Å². The predicted octanol–water partition coefficient (Wildman–Crippen LogP) is 1.54. The van der Waals surface area contributed by atoms with E-state index in [4.69, 9.17) is 0 Å². The van der Waals surface area contributed by atoms with E-state index in [0.29, 0.717) is 17.8 Å². The average Bonchev–Trinajstić information content (AvgIpc) is 2.54. The van der Waals surface area contributed by atoms with E-state index in [9.17, 15) is 9.59 Å². The molecule has 1 aromatic rings. The van der Waals surface area contributed by atoms with Crippen molar-refractivity contribution in [3.8, 4) is 0 Å². The highest BCUT2D eigenvalue weighted by molar-refractivity contribution is 5.96. The van der Waals surface area contributed by atoms with Crippen LogP contribution in [0.1, 0.15) is 23.2 Å². The summed E-state index contributed by atoms with van der Waals surface area (Å²) in [4.78, 5) is 23.8. The zero-order valence-electron chi connectivity index (χ0n) is 12.0. The largest absolute Gasteiger partial charge is 0.349 e. The molecule has 5 heteroatoms. The van der Waals surface area contributed by atoms with Gasteiger partial charge in [-0.3, -0.25) is 9.59 Å². The maximum absolute atomic E-state index is 12.1. The van der Waals surface area contributed by atoms with E-state index in [2.05, 4.69) is 22.5 Å². The van der Waals surface area contributed by atoms with Crippen molar-refractivity contribution in [2.45, 2.75) is 12.8 Å². The second-order valence-electron chi connectivity index (χ2n) is 5.11. The van der Waals surface area contributed by atoms with Gasteiger partial charge in [-0.2, -0.15) is 0 Å². The number of hydrogen-bond donors (Lipinski definition) is 3. The molecule has 0 saturated carbocycles. The van der Waals surface area contributed by atoms with Gasteiger partial charge < -0.3 is 16.0 Å². The Kier molecular flexibility index (Phi) is 5.51. The standard InChI is InChI=1S/C16H21N3O2/c1-2-9-18-15(20)12-5-7-14(8-6-12)19-16(21)13-4-3-10-17-11-13/h2,5-8,13,17H,1,3-4,9-11H2,(H,18,20)(H,19,21)/t13-/m1/s1. The van der Waals surface area contributed by atoms with Gasteiger partial charge in [0.15, 0.2) is 0 Å². The molecule has 1 aliphatic heterocycles. The molecule has 5 nitrogen and oxygen atoms in total. The minimum atomic E-state index is -0.149. The lowest BCUT2D eigenvalue weighted by Crippen LogP contribution is -2.37. The van der Waals surface area contributed by atoms with Gasteiger partial charge in [-0.1, -0.05) is 6.08 Å². The smallest absolute Gasteiger partial charge is 0.251 e. The van der Waals surface area contributed by atoms with Crippen LogP contribution in [0.5, 0.6) is 0 Å². The van der Waals surface area contributed by atoms with Gasteiger partial charge in [-0.05, 0) is 43.7 Å². The van der Waals surface area contributed by atoms with Gasteiger partial charge in [-0.25, -0.2) is 0 Å². The lowest BCUT2D eigenvalue weighted by Gasteiger charge is -2.21. The summed E-state index contributed by atoms with van der Waals surface area (Å²) in [6, 6.07) is 6.90. The quantitative estimate of drug-likeness (QED) is 0.719. The molecule has 3 N–H and O–H groups in total. The molecule has 2 rings (SSSR count). The Morgan fingerprint density at radius 1 is 1.33 bits per heavy atom. The summed E-state index contributed by atoms with van der Waals surface area (Å²) >= 11 is 0. The number of benzene rings is 1. The molecule has 112 valence electrons. The fourth-order valence-corrected chi connectivity index (χ4v) is 2.29. The number of amides is 2. The molecule has 1 aliphatic rings. The van der Waals surface area contributed by atoms with Crippen molar-refractivity contribution in [1.29, 1.82) is 0 Å². The first-order valence-corrected chi connectivity index (χ1v) is 7.21. The first-order valence-electron chi connectivity index (χ1n) is 7.21. The molecule has 0 aliphatic carbocycles. The van der Waals surface area contributed by atoms with Gasteiger partial charge >= 0.3 is 0 Å². The maximum atomic E-state index is 12.1. The van der Waals surface area contributed by atoms with Crippen LogP contribution in [0, 0.1) is 5.92 Å². The number of anilines is 1. The average molecular weight is 287 g/mol. The Bertz CT molecular complexity index is 505. The molecule has 1 saturated heterocycles. The van der Waals surface area contributed by atoms with E-state index in [1.807, 2.05) is 0 Å². The number of piperidine rings is 1. The summed E-state index contributed by atoms with van der Waals surface area (Å²) in [7, 11) is 0. The normalized spacial score (nSPS) is 17.8. The van der Waals surface area contributed by atoms with Crippen molar-refractivity contribution >= 4 is 17.5 Å². The van der Waals surface area contributed by atoms with Crippen molar-refractivity contribution in [2.75, 3.05) is 25.0 Å². The van der Waals surface area contributed by atoms with Gasteiger partial charge in [0, 0.05) is 24.3 Å². The van der Waals surface area contributed by atoms with E-state index in [1.165, 1.54) is 0 Å². The van der Waals surface area contributed by atoms with Crippen LogP contribution >= 0.6 is 0 Å². The van der Waals surface area contributed by atoms with Crippen LogP contribution in [-0.2, 0) is 4.79 Å². The van der Waals surface area contributed by atoms with Gasteiger partial charge in [0.2, 0.25) is 5.91 Å². The van der Waals surface area contributed by atoms with Gasteiger partial charge in [-0.15, -0.1) is 6.58 Å². The Hall–Kier alpha value is -2.14. The van der Waals surface area contributed by atoms with Crippen molar-refractivity contribution in [2.24, 2.45) is 5.92 Å². The van der Waals surface area contributed by atoms with Crippen LogP contribution in [0.25, 0.3) is 0 Å². The summed E-state index contributed by atoms with van der Waals surface area (Å²) < 4.78 is 0. The van der Waals surface area contributed by atoms with E-state index in [-0.39, 0.29) is 17.7 Å². The number of rotatable bonds is 5. The third kappa shape index (κ3) is 4.43. The Morgan fingerprint density at radius 2 is 2.10 bits per heavy atom. The molecule has 1 atom stereocenters. The second kappa shape index (κ2) is 7.59. The molecule has 0 radical (unpaired) electrons. The van der Waals surface area contributed by atoms with E-state index < -0.39 is 0 Å². The summed E-state index contributed by atoms with van der Waals surface area (Å²) in [5.74, 6) is -0.0929. The lowest BCUT2D eigenvalue weighted by atomic mass is 9.99. The molecular weight excluding hydrogens is 266 g/mol. The summed E-state index contributed by atoms with van der Waals surface area (Å²) in [5, 5.41) is 8.83. The van der Waals surface area contributed by atoms with Crippen LogP contribution < -0.4 is 16.0 Å².